The third kappa shape index (κ3) is 10.8. The van der Waals surface area contributed by atoms with Gasteiger partial charge >= 0.3 is 0 Å². The van der Waals surface area contributed by atoms with Gasteiger partial charge in [-0.05, 0) is 93.8 Å². The molecular formula is C46H57N6O4S+. The van der Waals surface area contributed by atoms with Crippen LogP contribution in [-0.2, 0) is 25.7 Å². The third-order valence-corrected chi connectivity index (χ3v) is 11.8. The number of hydrogen-bond donors (Lipinski definition) is 2. The predicted octanol–water partition coefficient (Wildman–Crippen LogP) is 10.2. The Morgan fingerprint density at radius 3 is 2.51 bits per heavy atom. The van der Waals surface area contributed by atoms with E-state index in [1.54, 1.807) is 12.1 Å². The number of nitrogens with zero attached hydrogens (tertiary/aromatic N) is 5. The van der Waals surface area contributed by atoms with E-state index >= 15 is 0 Å². The molecule has 11 heteroatoms. The maximum atomic E-state index is 12.3. The number of allylic oxidation sites excluding steroid dienone is 14. The zero-order valence-corrected chi connectivity index (χ0v) is 34.8. The number of azide groups is 1. The highest BCUT2D eigenvalue weighted by atomic mass is 32.2. The number of amides is 1. The lowest BCUT2D eigenvalue weighted by atomic mass is 9.81. The van der Waals surface area contributed by atoms with Gasteiger partial charge in [-0.3, -0.25) is 9.35 Å². The van der Waals surface area contributed by atoms with Gasteiger partial charge in [-0.25, -0.2) is 0 Å². The van der Waals surface area contributed by atoms with Gasteiger partial charge in [0.25, 0.3) is 10.1 Å². The summed E-state index contributed by atoms with van der Waals surface area (Å²) in [5, 5.41) is 6.37. The van der Waals surface area contributed by atoms with E-state index in [0.29, 0.717) is 32.5 Å². The van der Waals surface area contributed by atoms with Gasteiger partial charge in [0, 0.05) is 71.9 Å². The summed E-state index contributed by atoms with van der Waals surface area (Å²) >= 11 is 0. The SMILES string of the molecule is Cc1ccc2c(c1)C(C)(C)C(=CC=CC=CC1=[N+](CCCCCC(=O)NCCCN=[N+]=[N-])c3ccc(S(=O)(=O)O)cc3C1(C)C)N2CCCC1=C/C=C\C=C/C=C1. The molecule has 300 valence electrons. The number of fused-ring (bicyclic) bond motifs is 2. The minimum absolute atomic E-state index is 0.0165. The summed E-state index contributed by atoms with van der Waals surface area (Å²) in [5.74, 6) is -0.0165. The van der Waals surface area contributed by atoms with Gasteiger partial charge < -0.3 is 10.2 Å². The fourth-order valence-corrected chi connectivity index (χ4v) is 8.41. The third-order valence-electron chi connectivity index (χ3n) is 11.0. The molecule has 2 aromatic carbocycles. The molecule has 57 heavy (non-hydrogen) atoms. The van der Waals surface area contributed by atoms with Crippen molar-refractivity contribution in [2.75, 3.05) is 31.1 Å². The van der Waals surface area contributed by atoms with Crippen LogP contribution < -0.4 is 10.2 Å². The second kappa shape index (κ2) is 19.3. The quantitative estimate of drug-likeness (QED) is 0.0295. The molecule has 1 aliphatic carbocycles. The average molecular weight is 790 g/mol. The van der Waals surface area contributed by atoms with Crippen LogP contribution in [0.5, 0.6) is 0 Å². The topological polar surface area (TPSA) is 138 Å². The Balaban J connectivity index is 1.33. The number of carbonyl (C=O) groups excluding carboxylic acids is 1. The summed E-state index contributed by atoms with van der Waals surface area (Å²) < 4.78 is 36.3. The van der Waals surface area contributed by atoms with Crippen molar-refractivity contribution in [1.29, 1.82) is 0 Å². The minimum atomic E-state index is -4.37. The second-order valence-electron chi connectivity index (χ2n) is 15.9. The normalized spacial score (nSPS) is 18.7. The predicted molar refractivity (Wildman–Crippen MR) is 232 cm³/mol. The summed E-state index contributed by atoms with van der Waals surface area (Å²) in [6.07, 6.45) is 30.7. The van der Waals surface area contributed by atoms with Crippen LogP contribution in [0.25, 0.3) is 10.4 Å². The van der Waals surface area contributed by atoms with Gasteiger partial charge in [-0.15, -0.1) is 0 Å². The molecule has 1 amide bonds. The number of hydrogen-bond acceptors (Lipinski definition) is 5. The van der Waals surface area contributed by atoms with Crippen molar-refractivity contribution in [2.24, 2.45) is 5.11 Å². The van der Waals surface area contributed by atoms with Crippen LogP contribution in [0.15, 0.2) is 131 Å². The lowest BCUT2D eigenvalue weighted by Gasteiger charge is -2.27. The molecule has 2 N–H and O–H groups in total. The highest BCUT2D eigenvalue weighted by molar-refractivity contribution is 7.85. The first-order valence-corrected chi connectivity index (χ1v) is 21.4. The van der Waals surface area contributed by atoms with E-state index in [1.807, 2.05) is 12.2 Å². The maximum Gasteiger partial charge on any atom is 0.294 e. The molecule has 2 aromatic rings. The van der Waals surface area contributed by atoms with E-state index in [4.69, 9.17) is 5.53 Å². The number of anilines is 1. The zero-order chi connectivity index (χ0) is 41.1. The summed E-state index contributed by atoms with van der Waals surface area (Å²) in [6.45, 7) is 13.3. The first kappa shape index (κ1) is 42.9. The molecule has 0 unspecified atom stereocenters. The Morgan fingerprint density at radius 2 is 1.72 bits per heavy atom. The van der Waals surface area contributed by atoms with E-state index in [1.165, 1.54) is 34.2 Å². The van der Waals surface area contributed by atoms with Crippen molar-refractivity contribution in [3.8, 4) is 0 Å². The summed E-state index contributed by atoms with van der Waals surface area (Å²) in [4.78, 5) is 17.4. The molecule has 0 atom stereocenters. The van der Waals surface area contributed by atoms with Crippen molar-refractivity contribution < 1.29 is 22.3 Å². The fourth-order valence-electron chi connectivity index (χ4n) is 7.90. The van der Waals surface area contributed by atoms with E-state index in [2.05, 4.69) is 138 Å². The van der Waals surface area contributed by atoms with E-state index in [9.17, 15) is 17.8 Å². The van der Waals surface area contributed by atoms with Crippen LogP contribution >= 0.6 is 0 Å². The second-order valence-corrected chi connectivity index (χ2v) is 17.3. The Morgan fingerprint density at radius 1 is 0.930 bits per heavy atom. The first-order valence-electron chi connectivity index (χ1n) is 19.9. The van der Waals surface area contributed by atoms with Gasteiger partial charge in [-0.2, -0.15) is 13.0 Å². The number of nitrogens with one attached hydrogen (secondary N) is 1. The van der Waals surface area contributed by atoms with Crippen molar-refractivity contribution in [3.05, 3.63) is 148 Å². The number of unbranched alkanes of at least 4 members (excludes halogenated alkanes) is 2. The Labute approximate surface area is 338 Å². The molecule has 5 rings (SSSR count). The molecule has 0 bridgehead atoms. The lowest BCUT2D eigenvalue weighted by molar-refractivity contribution is -0.438. The summed E-state index contributed by atoms with van der Waals surface area (Å²) in [6, 6.07) is 11.6. The van der Waals surface area contributed by atoms with Gasteiger partial charge in [0.2, 0.25) is 11.6 Å². The van der Waals surface area contributed by atoms with Crippen molar-refractivity contribution in [3.63, 3.8) is 0 Å². The fraction of sp³-hybridized carbons (Fsp3) is 0.391. The van der Waals surface area contributed by atoms with E-state index in [0.717, 1.165) is 55.6 Å². The molecule has 10 nitrogen and oxygen atoms in total. The molecule has 0 saturated heterocycles. The molecule has 0 radical (unpaired) electrons. The van der Waals surface area contributed by atoms with Crippen LogP contribution in [-0.4, -0.2) is 55.3 Å². The molecule has 2 aliphatic heterocycles. The van der Waals surface area contributed by atoms with Crippen LogP contribution in [0.4, 0.5) is 11.4 Å². The molecular weight excluding hydrogens is 733 g/mol. The Hall–Kier alpha value is -5.22. The van der Waals surface area contributed by atoms with Crippen molar-refractivity contribution in [1.82, 2.24) is 5.32 Å². The minimum Gasteiger partial charge on any atom is -0.356 e. The number of aryl methyl sites for hydroxylation is 1. The zero-order valence-electron chi connectivity index (χ0n) is 34.0. The van der Waals surface area contributed by atoms with E-state index < -0.39 is 15.5 Å². The van der Waals surface area contributed by atoms with Crippen molar-refractivity contribution >= 4 is 33.1 Å². The van der Waals surface area contributed by atoms with Gasteiger partial charge in [-0.1, -0.05) is 97.4 Å². The Bertz CT molecular complexity index is 2230. The van der Waals surface area contributed by atoms with Crippen molar-refractivity contribution in [2.45, 2.75) is 95.3 Å². The average Bonchev–Trinajstić information content (AvgIpc) is 3.49. The monoisotopic (exact) mass is 789 g/mol. The standard InChI is InChI=1S/C46H56N6O4S/c1-35-25-27-40-38(33-35)45(2,3)42(52(40)32-17-21-36-19-11-7-6-8-12-20-36)22-13-9-14-23-43-46(4,5)39-34-37(57(54,55)56)26-28-41(39)51(43)31-16-10-15-24-44(53)48-29-18-30-49-50-47/h6-9,11-14,19-20,22-23,25-28,33-34H,10,15-18,21,24,29-32H2,1-5H3,(H-,48,53,54,55,56)/p+1/b7-6-,8-6?,11-7?,12-8-,19-11?,20-12?,36-19?,36-20?. The molecule has 2 heterocycles. The summed E-state index contributed by atoms with van der Waals surface area (Å²) in [7, 11) is -4.37. The van der Waals surface area contributed by atoms with Crippen LogP contribution in [0, 0.1) is 6.92 Å². The van der Waals surface area contributed by atoms with Gasteiger partial charge in [0.15, 0.2) is 5.71 Å². The van der Waals surface area contributed by atoms with Crippen LogP contribution in [0.3, 0.4) is 0 Å². The van der Waals surface area contributed by atoms with Gasteiger partial charge in [0.05, 0.1) is 10.3 Å². The lowest BCUT2D eigenvalue weighted by Crippen LogP contribution is -2.28. The maximum absolute atomic E-state index is 12.3. The molecule has 0 aromatic heterocycles. The van der Waals surface area contributed by atoms with Crippen LogP contribution in [0.2, 0.25) is 0 Å². The highest BCUT2D eigenvalue weighted by Gasteiger charge is 2.45. The summed E-state index contributed by atoms with van der Waals surface area (Å²) in [5.41, 5.74) is 16.8. The largest absolute Gasteiger partial charge is 0.356 e. The molecule has 0 fully saturated rings. The molecule has 3 aliphatic rings. The smallest absolute Gasteiger partial charge is 0.294 e. The Kier molecular flexibility index (Phi) is 14.5. The molecule has 0 saturated carbocycles. The molecule has 0 spiro atoms. The number of carbonyl (C=O) groups is 1. The van der Waals surface area contributed by atoms with E-state index in [-0.39, 0.29) is 16.2 Å². The highest BCUT2D eigenvalue weighted by Crippen LogP contribution is 2.48. The first-order chi connectivity index (χ1) is 27.2. The van der Waals surface area contributed by atoms with Gasteiger partial charge in [0.1, 0.15) is 6.54 Å². The number of benzene rings is 2. The van der Waals surface area contributed by atoms with Crippen LogP contribution in [0.1, 0.15) is 89.3 Å². The number of rotatable bonds is 18.